The van der Waals surface area contributed by atoms with Gasteiger partial charge in [0, 0.05) is 39.1 Å². The summed E-state index contributed by atoms with van der Waals surface area (Å²) >= 11 is 0. The molecule has 3 aliphatic heterocycles. The number of para-hydroxylation sites is 3. The van der Waals surface area contributed by atoms with Gasteiger partial charge in [-0.2, -0.15) is 0 Å². The van der Waals surface area contributed by atoms with E-state index in [1.54, 1.807) is 0 Å². The predicted octanol–water partition coefficient (Wildman–Crippen LogP) is 12.4. The van der Waals surface area contributed by atoms with Crippen molar-refractivity contribution in [3.63, 3.8) is 0 Å². The second-order valence-electron chi connectivity index (χ2n) is 18.3. The lowest BCUT2D eigenvalue weighted by Crippen LogP contribution is -2.62. The Bertz CT molecular complexity index is 3000. The molecule has 0 unspecified atom stereocenters. The lowest BCUT2D eigenvalue weighted by Gasteiger charge is -2.51. The van der Waals surface area contributed by atoms with Gasteiger partial charge in [0.25, 0.3) is 0 Å². The van der Waals surface area contributed by atoms with Crippen molar-refractivity contribution >= 4 is 78.9 Å². The Balaban J connectivity index is 1.28. The van der Waals surface area contributed by atoms with Crippen molar-refractivity contribution in [1.82, 2.24) is 0 Å². The molecule has 7 aromatic carbocycles. The summed E-state index contributed by atoms with van der Waals surface area (Å²) < 4.78 is 6.70. The van der Waals surface area contributed by atoms with Crippen molar-refractivity contribution in [1.29, 1.82) is 0 Å². The van der Waals surface area contributed by atoms with Crippen molar-refractivity contribution < 1.29 is 4.42 Å². The van der Waals surface area contributed by atoms with Crippen molar-refractivity contribution in [2.45, 2.75) is 70.6 Å². The van der Waals surface area contributed by atoms with Crippen LogP contribution in [0, 0.1) is 0 Å². The van der Waals surface area contributed by atoms with Crippen LogP contribution in [0.4, 0.5) is 28.4 Å². The molecule has 3 nitrogen and oxygen atoms in total. The highest BCUT2D eigenvalue weighted by molar-refractivity contribution is 6.94. The molecule has 0 N–H and O–H groups in total. The van der Waals surface area contributed by atoms with Gasteiger partial charge in [0.2, 0.25) is 0 Å². The Morgan fingerprint density at radius 3 is 2.15 bits per heavy atom. The molecule has 0 spiro atoms. The van der Waals surface area contributed by atoms with E-state index in [-0.39, 0.29) is 23.1 Å². The van der Waals surface area contributed by atoms with E-state index in [4.69, 9.17) is 4.42 Å². The van der Waals surface area contributed by atoms with Gasteiger partial charge in [0.05, 0.1) is 11.1 Å². The molecule has 0 saturated heterocycles. The number of furan rings is 1. The van der Waals surface area contributed by atoms with Crippen LogP contribution in [0.5, 0.6) is 0 Å². The maximum atomic E-state index is 6.70. The van der Waals surface area contributed by atoms with Gasteiger partial charge in [-0.05, 0) is 116 Å². The number of fused-ring (bicyclic) bond motifs is 13. The topological polar surface area (TPSA) is 19.6 Å². The molecule has 0 atom stereocenters. The maximum absolute atomic E-state index is 6.70. The fraction of sp³-hybridized carbons (Fsp3) is 0.216. The molecule has 4 aliphatic rings. The van der Waals surface area contributed by atoms with Crippen molar-refractivity contribution in [2.24, 2.45) is 0 Å². The van der Waals surface area contributed by atoms with E-state index in [1.807, 2.05) is 0 Å². The second kappa shape index (κ2) is 10.3. The molecule has 4 heterocycles. The molecule has 0 amide bonds. The smallest absolute Gasteiger partial charge is 0.333 e. The molecule has 1 aliphatic carbocycles. The van der Waals surface area contributed by atoms with Crippen molar-refractivity contribution in [2.75, 3.05) is 9.71 Å². The molecule has 0 radical (unpaired) electrons. The van der Waals surface area contributed by atoms with Crippen LogP contribution in [0.15, 0.2) is 132 Å². The van der Waals surface area contributed by atoms with E-state index < -0.39 is 0 Å². The summed E-state index contributed by atoms with van der Waals surface area (Å²) in [5.41, 5.74) is 19.2. The average Bonchev–Trinajstić information content (AvgIpc) is 3.58. The van der Waals surface area contributed by atoms with Crippen LogP contribution in [0.2, 0.25) is 0 Å². The Morgan fingerprint density at radius 1 is 0.564 bits per heavy atom. The number of nitrogens with zero attached hydrogens (tertiary/aromatic N) is 2. The van der Waals surface area contributed by atoms with Crippen LogP contribution in [-0.4, -0.2) is 6.85 Å². The van der Waals surface area contributed by atoms with Crippen molar-refractivity contribution in [3.05, 3.63) is 150 Å². The fourth-order valence-corrected chi connectivity index (χ4v) is 11.2. The summed E-state index contributed by atoms with van der Waals surface area (Å²) in [6, 6.07) is 48.3. The van der Waals surface area contributed by atoms with E-state index in [9.17, 15) is 0 Å². The molecule has 12 rings (SSSR count). The van der Waals surface area contributed by atoms with Gasteiger partial charge in [-0.3, -0.25) is 0 Å². The second-order valence-corrected chi connectivity index (χ2v) is 18.3. The minimum absolute atomic E-state index is 0.0656. The van der Waals surface area contributed by atoms with Gasteiger partial charge in [-0.1, -0.05) is 126 Å². The van der Waals surface area contributed by atoms with E-state index in [0.717, 1.165) is 16.6 Å². The normalized spacial score (nSPS) is 17.8. The molecule has 0 bridgehead atoms. The van der Waals surface area contributed by atoms with Gasteiger partial charge in [0.15, 0.2) is 0 Å². The quantitative estimate of drug-likeness (QED) is 0.158. The van der Waals surface area contributed by atoms with Crippen LogP contribution in [-0.2, 0) is 16.2 Å². The number of hydrogen-bond donors (Lipinski definition) is 0. The lowest BCUT2D eigenvalue weighted by molar-refractivity contribution is 0.332. The summed E-state index contributed by atoms with van der Waals surface area (Å²) in [5.74, 6) is 0. The third-order valence-corrected chi connectivity index (χ3v) is 14.1. The molecular formula is C51H43BN2O. The zero-order chi connectivity index (χ0) is 37.2. The zero-order valence-corrected chi connectivity index (χ0v) is 32.4. The van der Waals surface area contributed by atoms with Gasteiger partial charge < -0.3 is 14.1 Å². The highest BCUT2D eigenvalue weighted by Gasteiger charge is 2.50. The van der Waals surface area contributed by atoms with Crippen molar-refractivity contribution in [3.8, 4) is 11.1 Å². The van der Waals surface area contributed by atoms with Gasteiger partial charge in [-0.25, -0.2) is 0 Å². The zero-order valence-electron chi connectivity index (χ0n) is 32.4. The maximum Gasteiger partial charge on any atom is 0.333 e. The Morgan fingerprint density at radius 2 is 1.29 bits per heavy atom. The monoisotopic (exact) mass is 710 g/mol. The predicted molar refractivity (Wildman–Crippen MR) is 232 cm³/mol. The van der Waals surface area contributed by atoms with E-state index in [2.05, 4.69) is 179 Å². The summed E-state index contributed by atoms with van der Waals surface area (Å²) in [4.78, 5) is 5.33. The molecule has 1 aromatic heterocycles. The molecule has 0 fully saturated rings. The molecule has 266 valence electrons. The Labute approximate surface area is 323 Å². The number of anilines is 5. The molecule has 55 heavy (non-hydrogen) atoms. The first-order valence-electron chi connectivity index (χ1n) is 20.0. The minimum atomic E-state index is -0.178. The fourth-order valence-electron chi connectivity index (χ4n) is 11.2. The Kier molecular flexibility index (Phi) is 5.92. The summed E-state index contributed by atoms with van der Waals surface area (Å²) in [5, 5.41) is 4.89. The average molecular weight is 711 g/mol. The molecule has 0 saturated carbocycles. The first-order valence-corrected chi connectivity index (χ1v) is 20.0. The van der Waals surface area contributed by atoms with Crippen LogP contribution in [0.1, 0.15) is 76.6 Å². The minimum Gasteiger partial charge on any atom is -0.456 e. The molecule has 4 heteroatoms. The van der Waals surface area contributed by atoms with Crippen LogP contribution in [0.25, 0.3) is 43.8 Å². The standard InChI is InChI=1S/C51H43BN2O/c1-49(2)26-27-50(3,4)38-29-31(22-24-35(38)49)54-47-34(23-25-43-45(47)33-16-9-12-21-42(33)55-43)44-32-15-8-7-14-30(32)28-41-46(44)52(54)39-19-13-18-37-48(39)53(41)40-20-11-10-17-36(40)51(37,5)6/h7-25,28-29H,26-27H2,1-6H3. The van der Waals surface area contributed by atoms with E-state index in [1.165, 1.54) is 102 Å². The molecular weight excluding hydrogens is 667 g/mol. The van der Waals surface area contributed by atoms with Gasteiger partial charge >= 0.3 is 6.85 Å². The molecule has 8 aromatic rings. The Hall–Kier alpha value is -5.74. The van der Waals surface area contributed by atoms with Crippen LogP contribution < -0.4 is 20.6 Å². The van der Waals surface area contributed by atoms with E-state index in [0.29, 0.717) is 0 Å². The highest BCUT2D eigenvalue weighted by atomic mass is 16.3. The summed E-state index contributed by atoms with van der Waals surface area (Å²) in [6.45, 7) is 14.5. The highest BCUT2D eigenvalue weighted by Crippen LogP contribution is 2.57. The summed E-state index contributed by atoms with van der Waals surface area (Å²) in [6.07, 6.45) is 2.36. The number of benzene rings is 7. The number of hydrogen-bond acceptors (Lipinski definition) is 3. The largest absolute Gasteiger partial charge is 0.456 e. The number of rotatable bonds is 1. The van der Waals surface area contributed by atoms with Crippen LogP contribution in [0.3, 0.4) is 0 Å². The first-order chi connectivity index (χ1) is 26.5. The third kappa shape index (κ3) is 3.92. The van der Waals surface area contributed by atoms with Gasteiger partial charge in [0.1, 0.15) is 11.2 Å². The third-order valence-electron chi connectivity index (χ3n) is 14.1. The lowest BCUT2D eigenvalue weighted by atomic mass is 9.42. The van der Waals surface area contributed by atoms with E-state index >= 15 is 0 Å². The summed E-state index contributed by atoms with van der Waals surface area (Å²) in [7, 11) is 0. The SMILES string of the molecule is CC1(C)CCC(C)(C)c2cc(N3B4c5cccc6c5N(c5ccccc5C6(C)C)c5cc6ccccc6c(c54)-c4ccc5oc6ccccc6c5c43)ccc21. The first kappa shape index (κ1) is 31.6. The van der Waals surface area contributed by atoms with Gasteiger partial charge in [-0.15, -0.1) is 0 Å². The van der Waals surface area contributed by atoms with Crippen LogP contribution >= 0.6 is 0 Å².